The second-order valence-corrected chi connectivity index (χ2v) is 10.8. The van der Waals surface area contributed by atoms with E-state index in [9.17, 15) is 13.2 Å². The Hall–Kier alpha value is -1.80. The minimum absolute atomic E-state index is 0.101. The Morgan fingerprint density at radius 1 is 1.06 bits per heavy atom. The lowest BCUT2D eigenvalue weighted by molar-refractivity contribution is 0.0954. The van der Waals surface area contributed by atoms with Crippen molar-refractivity contribution >= 4 is 44.8 Å². The zero-order valence-electron chi connectivity index (χ0n) is 17.7. The van der Waals surface area contributed by atoms with Gasteiger partial charge >= 0.3 is 0 Å². The summed E-state index contributed by atoms with van der Waals surface area (Å²) in [5.74, 6) is -0.304. The summed E-state index contributed by atoms with van der Waals surface area (Å²) in [5.41, 5.74) is 2.01. The third-order valence-corrected chi connectivity index (χ3v) is 7.78. The van der Waals surface area contributed by atoms with Gasteiger partial charge in [0.25, 0.3) is 5.91 Å². The van der Waals surface area contributed by atoms with Gasteiger partial charge in [-0.05, 0) is 61.6 Å². The molecule has 1 aliphatic rings. The van der Waals surface area contributed by atoms with E-state index in [1.54, 1.807) is 24.3 Å². The molecule has 1 amide bonds. The van der Waals surface area contributed by atoms with Crippen LogP contribution in [0, 0.1) is 0 Å². The van der Waals surface area contributed by atoms with E-state index in [4.69, 9.17) is 23.2 Å². The maximum atomic E-state index is 13.1. The minimum atomic E-state index is -3.65. The maximum absolute atomic E-state index is 13.1. The van der Waals surface area contributed by atoms with Crippen LogP contribution in [0.15, 0.2) is 41.3 Å². The van der Waals surface area contributed by atoms with Crippen molar-refractivity contribution < 1.29 is 13.2 Å². The Kier molecular flexibility index (Phi) is 7.86. The molecule has 2 aromatic carbocycles. The first-order chi connectivity index (χ1) is 14.7. The Bertz CT molecular complexity index is 1050. The molecule has 31 heavy (non-hydrogen) atoms. The summed E-state index contributed by atoms with van der Waals surface area (Å²) in [5, 5.41) is 4.02. The van der Waals surface area contributed by atoms with Crippen LogP contribution >= 0.6 is 23.2 Å². The molecule has 0 aliphatic carbocycles. The number of carbonyl (C=O) groups excluding carboxylic acids is 1. The lowest BCUT2D eigenvalue weighted by atomic mass is 10.1. The van der Waals surface area contributed by atoms with Crippen LogP contribution in [-0.4, -0.2) is 52.4 Å². The molecule has 0 saturated carbocycles. The van der Waals surface area contributed by atoms with E-state index < -0.39 is 10.0 Å². The highest BCUT2D eigenvalue weighted by atomic mass is 35.5. The number of rotatable bonds is 7. The zero-order chi connectivity index (χ0) is 22.6. The molecule has 0 atom stereocenters. The molecule has 1 heterocycles. The second kappa shape index (κ2) is 10.2. The normalized spacial score (nSPS) is 14.7. The number of carbonyl (C=O) groups is 1. The molecule has 1 N–H and O–H groups in total. The standard InChI is InChI=1S/C22H27Cl2N3O3S/c1-26(2)31(29,30)18-8-9-21(27-12-4-3-5-13-27)19(15-18)22(28)25-11-10-16-6-7-17(23)14-20(16)24/h6-9,14-15H,3-5,10-13H2,1-2H3,(H,25,28). The molecular weight excluding hydrogens is 457 g/mol. The largest absolute Gasteiger partial charge is 0.371 e. The van der Waals surface area contributed by atoms with Crippen molar-refractivity contribution in [1.82, 2.24) is 9.62 Å². The van der Waals surface area contributed by atoms with Gasteiger partial charge in [-0.2, -0.15) is 0 Å². The number of nitrogens with one attached hydrogen (secondary N) is 1. The molecule has 1 saturated heterocycles. The SMILES string of the molecule is CN(C)S(=O)(=O)c1ccc(N2CCCCC2)c(C(=O)NCCc2ccc(Cl)cc2Cl)c1. The average Bonchev–Trinajstić information content (AvgIpc) is 2.75. The number of piperidine rings is 1. The highest BCUT2D eigenvalue weighted by Crippen LogP contribution is 2.28. The molecule has 0 radical (unpaired) electrons. The summed E-state index contributed by atoms with van der Waals surface area (Å²) < 4.78 is 26.4. The average molecular weight is 484 g/mol. The maximum Gasteiger partial charge on any atom is 0.253 e. The molecule has 0 spiro atoms. The summed E-state index contributed by atoms with van der Waals surface area (Å²) >= 11 is 12.1. The van der Waals surface area contributed by atoms with E-state index in [2.05, 4.69) is 10.2 Å². The van der Waals surface area contributed by atoms with Crippen LogP contribution in [0.5, 0.6) is 0 Å². The van der Waals surface area contributed by atoms with Gasteiger partial charge in [-0.1, -0.05) is 29.3 Å². The first-order valence-corrected chi connectivity index (χ1v) is 12.4. The van der Waals surface area contributed by atoms with Crippen LogP contribution in [0.4, 0.5) is 5.69 Å². The lowest BCUT2D eigenvalue weighted by Crippen LogP contribution is -2.33. The van der Waals surface area contributed by atoms with Crippen molar-refractivity contribution in [2.24, 2.45) is 0 Å². The van der Waals surface area contributed by atoms with Crippen molar-refractivity contribution in [3.63, 3.8) is 0 Å². The van der Waals surface area contributed by atoms with E-state index in [0.717, 1.165) is 47.9 Å². The summed E-state index contributed by atoms with van der Waals surface area (Å²) in [6, 6.07) is 10.1. The second-order valence-electron chi connectivity index (χ2n) is 7.76. The summed E-state index contributed by atoms with van der Waals surface area (Å²) in [7, 11) is -0.697. The minimum Gasteiger partial charge on any atom is -0.371 e. The monoisotopic (exact) mass is 483 g/mol. The molecule has 0 aromatic heterocycles. The zero-order valence-corrected chi connectivity index (χ0v) is 20.0. The fourth-order valence-corrected chi connectivity index (χ4v) is 5.04. The Labute approximate surface area is 194 Å². The first-order valence-electron chi connectivity index (χ1n) is 10.2. The van der Waals surface area contributed by atoms with Crippen LogP contribution in [0.3, 0.4) is 0 Å². The van der Waals surface area contributed by atoms with Crippen LogP contribution in [0.2, 0.25) is 10.0 Å². The van der Waals surface area contributed by atoms with Crippen molar-refractivity contribution in [2.45, 2.75) is 30.6 Å². The lowest BCUT2D eigenvalue weighted by Gasteiger charge is -2.30. The number of halogens is 2. The van der Waals surface area contributed by atoms with Gasteiger partial charge in [0.15, 0.2) is 0 Å². The molecule has 1 fully saturated rings. The third kappa shape index (κ3) is 5.71. The molecule has 3 rings (SSSR count). The van der Waals surface area contributed by atoms with Crippen LogP contribution in [0.25, 0.3) is 0 Å². The Balaban J connectivity index is 1.83. The van der Waals surface area contributed by atoms with Gasteiger partial charge in [-0.15, -0.1) is 0 Å². The van der Waals surface area contributed by atoms with Gasteiger partial charge in [0.2, 0.25) is 10.0 Å². The van der Waals surface area contributed by atoms with Crippen molar-refractivity contribution in [3.8, 4) is 0 Å². The summed E-state index contributed by atoms with van der Waals surface area (Å²) in [6.45, 7) is 2.06. The fourth-order valence-electron chi connectivity index (χ4n) is 3.61. The number of anilines is 1. The number of amides is 1. The van der Waals surface area contributed by atoms with Gasteiger partial charge < -0.3 is 10.2 Å². The molecule has 1 aliphatic heterocycles. The summed E-state index contributed by atoms with van der Waals surface area (Å²) in [6.07, 6.45) is 3.80. The highest BCUT2D eigenvalue weighted by molar-refractivity contribution is 7.89. The fraction of sp³-hybridized carbons (Fsp3) is 0.409. The van der Waals surface area contributed by atoms with Gasteiger partial charge in [0.1, 0.15) is 0 Å². The molecule has 0 unspecified atom stereocenters. The molecular formula is C22H27Cl2N3O3S. The first kappa shape index (κ1) is 23.9. The molecule has 168 valence electrons. The topological polar surface area (TPSA) is 69.7 Å². The van der Waals surface area contributed by atoms with Crippen molar-refractivity contribution in [1.29, 1.82) is 0 Å². The van der Waals surface area contributed by atoms with Crippen LogP contribution in [-0.2, 0) is 16.4 Å². The predicted octanol–water partition coefficient (Wildman–Crippen LogP) is 4.21. The molecule has 0 bridgehead atoms. The smallest absolute Gasteiger partial charge is 0.253 e. The predicted molar refractivity (Wildman–Crippen MR) is 126 cm³/mol. The van der Waals surface area contributed by atoms with Crippen LogP contribution < -0.4 is 10.2 Å². The van der Waals surface area contributed by atoms with Crippen molar-refractivity contribution in [2.75, 3.05) is 38.6 Å². The van der Waals surface area contributed by atoms with Gasteiger partial charge in [-0.3, -0.25) is 4.79 Å². The number of hydrogen-bond donors (Lipinski definition) is 1. The molecule has 9 heteroatoms. The molecule has 2 aromatic rings. The number of sulfonamides is 1. The van der Waals surface area contributed by atoms with Gasteiger partial charge in [0, 0.05) is 49.5 Å². The van der Waals surface area contributed by atoms with Crippen LogP contribution in [0.1, 0.15) is 35.2 Å². The van der Waals surface area contributed by atoms with E-state index in [1.165, 1.54) is 20.2 Å². The highest BCUT2D eigenvalue weighted by Gasteiger charge is 2.24. The van der Waals surface area contributed by atoms with Crippen molar-refractivity contribution in [3.05, 3.63) is 57.6 Å². The molecule has 6 nitrogen and oxygen atoms in total. The Morgan fingerprint density at radius 2 is 1.77 bits per heavy atom. The van der Waals surface area contributed by atoms with Gasteiger partial charge in [-0.25, -0.2) is 12.7 Å². The quantitative estimate of drug-likeness (QED) is 0.640. The van der Waals surface area contributed by atoms with Gasteiger partial charge in [0.05, 0.1) is 10.5 Å². The van der Waals surface area contributed by atoms with E-state index in [0.29, 0.717) is 28.6 Å². The number of nitrogens with zero attached hydrogens (tertiary/aromatic N) is 2. The number of hydrogen-bond acceptors (Lipinski definition) is 4. The van der Waals surface area contributed by atoms with E-state index in [-0.39, 0.29) is 10.8 Å². The summed E-state index contributed by atoms with van der Waals surface area (Å²) in [4.78, 5) is 15.3. The Morgan fingerprint density at radius 3 is 2.42 bits per heavy atom. The third-order valence-electron chi connectivity index (χ3n) is 5.38. The number of benzene rings is 2. The van der Waals surface area contributed by atoms with E-state index in [1.807, 2.05) is 6.07 Å². The van der Waals surface area contributed by atoms with E-state index >= 15 is 0 Å².